The maximum atomic E-state index is 13.7. The highest BCUT2D eigenvalue weighted by Gasteiger charge is 2.30. The van der Waals surface area contributed by atoms with Crippen LogP contribution in [0.2, 0.25) is 0 Å². The Morgan fingerprint density at radius 1 is 0.971 bits per heavy atom. The zero-order chi connectivity index (χ0) is 24.9. The van der Waals surface area contributed by atoms with E-state index in [2.05, 4.69) is 6.58 Å². The second kappa shape index (κ2) is 11.1. The van der Waals surface area contributed by atoms with Gasteiger partial charge in [-0.25, -0.2) is 8.42 Å². The van der Waals surface area contributed by atoms with Crippen LogP contribution in [-0.2, 0) is 27.9 Å². The number of nitrogens with zero attached hydrogens (tertiary/aromatic N) is 2. The summed E-state index contributed by atoms with van der Waals surface area (Å²) in [4.78, 5) is 17.7. The molecule has 0 radical (unpaired) electrons. The molecule has 5 nitrogen and oxygen atoms in total. The fourth-order valence-electron chi connectivity index (χ4n) is 4.14. The molecular weight excluding hydrogens is 464 g/mol. The SMILES string of the molecule is C=CCN(CC(=O)N(Cc1ccccc1)Cc1ccc(C)s1)S(=O)(=O)c1c(C)cc(C)cc1C. The van der Waals surface area contributed by atoms with Gasteiger partial charge in [0.1, 0.15) is 0 Å². The maximum absolute atomic E-state index is 13.7. The summed E-state index contributed by atoms with van der Waals surface area (Å²) in [7, 11) is -3.89. The smallest absolute Gasteiger partial charge is 0.244 e. The molecule has 0 bridgehead atoms. The highest BCUT2D eigenvalue weighted by Crippen LogP contribution is 2.26. The molecule has 3 aromatic rings. The van der Waals surface area contributed by atoms with Crippen LogP contribution < -0.4 is 0 Å². The maximum Gasteiger partial charge on any atom is 0.244 e. The number of hydrogen-bond acceptors (Lipinski definition) is 4. The average molecular weight is 497 g/mol. The Labute approximate surface area is 207 Å². The van der Waals surface area contributed by atoms with Crippen LogP contribution in [0.15, 0.2) is 72.1 Å². The second-order valence-electron chi connectivity index (χ2n) is 8.56. The van der Waals surface area contributed by atoms with E-state index in [-0.39, 0.29) is 23.9 Å². The minimum Gasteiger partial charge on any atom is -0.332 e. The van der Waals surface area contributed by atoms with Crippen molar-refractivity contribution in [2.45, 2.75) is 45.7 Å². The molecule has 0 aliphatic carbocycles. The fourth-order valence-corrected chi connectivity index (χ4v) is 6.82. The molecule has 0 unspecified atom stereocenters. The number of carbonyl (C=O) groups is 1. The molecular formula is C27H32N2O3S2. The van der Waals surface area contributed by atoms with Crippen LogP contribution in [0.1, 0.15) is 32.0 Å². The van der Waals surface area contributed by atoms with Crippen LogP contribution in [0.4, 0.5) is 0 Å². The van der Waals surface area contributed by atoms with Crippen LogP contribution in [0.5, 0.6) is 0 Å². The summed E-state index contributed by atoms with van der Waals surface area (Å²) < 4.78 is 28.6. The van der Waals surface area contributed by atoms with Crippen molar-refractivity contribution in [2.75, 3.05) is 13.1 Å². The van der Waals surface area contributed by atoms with Gasteiger partial charge in [-0.05, 0) is 56.5 Å². The Balaban J connectivity index is 1.92. The predicted octanol–water partition coefficient (Wildman–Crippen LogP) is 5.39. The number of benzene rings is 2. The van der Waals surface area contributed by atoms with Crippen molar-refractivity contribution in [1.29, 1.82) is 0 Å². The zero-order valence-corrected chi connectivity index (χ0v) is 21.9. The first kappa shape index (κ1) is 25.9. The van der Waals surface area contributed by atoms with Gasteiger partial charge >= 0.3 is 0 Å². The summed E-state index contributed by atoms with van der Waals surface area (Å²) in [6, 6.07) is 17.5. The molecule has 0 saturated heterocycles. The van der Waals surface area contributed by atoms with Crippen molar-refractivity contribution < 1.29 is 13.2 Å². The van der Waals surface area contributed by atoms with Crippen molar-refractivity contribution in [3.05, 3.63) is 99.3 Å². The van der Waals surface area contributed by atoms with Crippen LogP contribution in [0.25, 0.3) is 0 Å². The molecule has 0 aliphatic heterocycles. The van der Waals surface area contributed by atoms with Crippen molar-refractivity contribution in [3.8, 4) is 0 Å². The fraction of sp³-hybridized carbons (Fsp3) is 0.296. The molecule has 3 rings (SSSR count). The lowest BCUT2D eigenvalue weighted by atomic mass is 10.1. The van der Waals surface area contributed by atoms with Crippen molar-refractivity contribution in [1.82, 2.24) is 9.21 Å². The number of rotatable bonds is 10. The molecule has 1 aromatic heterocycles. The summed E-state index contributed by atoms with van der Waals surface area (Å²) >= 11 is 1.64. The number of hydrogen-bond donors (Lipinski definition) is 0. The van der Waals surface area contributed by atoms with Gasteiger partial charge < -0.3 is 4.90 Å². The van der Waals surface area contributed by atoms with Gasteiger partial charge in [-0.1, -0.05) is 54.1 Å². The third kappa shape index (κ3) is 6.23. The Morgan fingerprint density at radius 3 is 2.18 bits per heavy atom. The number of amides is 1. The number of carbonyl (C=O) groups excluding carboxylic acids is 1. The van der Waals surface area contributed by atoms with E-state index >= 15 is 0 Å². The quantitative estimate of drug-likeness (QED) is 0.354. The summed E-state index contributed by atoms with van der Waals surface area (Å²) in [5.41, 5.74) is 3.34. The third-order valence-corrected chi connectivity index (χ3v) is 8.66. The van der Waals surface area contributed by atoms with Gasteiger partial charge in [-0.2, -0.15) is 4.31 Å². The number of thiophene rings is 1. The Kier molecular flexibility index (Phi) is 8.47. The van der Waals surface area contributed by atoms with E-state index in [4.69, 9.17) is 0 Å². The molecule has 0 fully saturated rings. The highest BCUT2D eigenvalue weighted by atomic mass is 32.2. The lowest BCUT2D eigenvalue weighted by Gasteiger charge is -2.27. The lowest BCUT2D eigenvalue weighted by molar-refractivity contribution is -0.132. The van der Waals surface area contributed by atoms with Crippen molar-refractivity contribution >= 4 is 27.3 Å². The predicted molar refractivity (Wildman–Crippen MR) is 139 cm³/mol. The minimum atomic E-state index is -3.89. The van der Waals surface area contributed by atoms with E-state index in [0.717, 1.165) is 16.0 Å². The van der Waals surface area contributed by atoms with Crippen LogP contribution in [0, 0.1) is 27.7 Å². The molecule has 34 heavy (non-hydrogen) atoms. The first-order chi connectivity index (χ1) is 16.1. The van der Waals surface area contributed by atoms with E-state index < -0.39 is 10.0 Å². The van der Waals surface area contributed by atoms with Crippen LogP contribution in [0.3, 0.4) is 0 Å². The summed E-state index contributed by atoms with van der Waals surface area (Å²) in [5.74, 6) is -0.247. The van der Waals surface area contributed by atoms with Crippen molar-refractivity contribution in [2.24, 2.45) is 0 Å². The van der Waals surface area contributed by atoms with Gasteiger partial charge in [0.05, 0.1) is 18.0 Å². The summed E-state index contributed by atoms with van der Waals surface area (Å²) in [5, 5.41) is 0. The average Bonchev–Trinajstić information content (AvgIpc) is 3.17. The first-order valence-corrected chi connectivity index (χ1v) is 13.4. The van der Waals surface area contributed by atoms with E-state index in [0.29, 0.717) is 24.2 Å². The zero-order valence-electron chi connectivity index (χ0n) is 20.2. The standard InChI is InChI=1S/C27H32N2O3S2/c1-6-14-29(34(31,32)27-21(3)15-20(2)16-22(27)4)19-26(30)28(17-24-10-8-7-9-11-24)18-25-13-12-23(5)33-25/h6-13,15-16H,1,14,17-19H2,2-5H3. The van der Waals surface area contributed by atoms with E-state index in [9.17, 15) is 13.2 Å². The normalized spacial score (nSPS) is 11.6. The van der Waals surface area contributed by atoms with Crippen molar-refractivity contribution in [3.63, 3.8) is 0 Å². The highest BCUT2D eigenvalue weighted by molar-refractivity contribution is 7.89. The lowest BCUT2D eigenvalue weighted by Crippen LogP contribution is -2.42. The molecule has 2 aromatic carbocycles. The van der Waals surface area contributed by atoms with Gasteiger partial charge in [0, 0.05) is 22.8 Å². The largest absolute Gasteiger partial charge is 0.332 e. The molecule has 180 valence electrons. The monoisotopic (exact) mass is 496 g/mol. The van der Waals surface area contributed by atoms with Crippen LogP contribution >= 0.6 is 11.3 Å². The summed E-state index contributed by atoms with van der Waals surface area (Å²) in [6.07, 6.45) is 1.52. The molecule has 0 spiro atoms. The number of sulfonamides is 1. The summed E-state index contributed by atoms with van der Waals surface area (Å²) in [6.45, 7) is 11.9. The van der Waals surface area contributed by atoms with Gasteiger partial charge in [0.25, 0.3) is 0 Å². The van der Waals surface area contributed by atoms with Crippen LogP contribution in [-0.4, -0.2) is 36.6 Å². The Hall–Kier alpha value is -2.74. The molecule has 1 heterocycles. The van der Waals surface area contributed by atoms with Gasteiger partial charge in [0.15, 0.2) is 0 Å². The van der Waals surface area contributed by atoms with Gasteiger partial charge in [0.2, 0.25) is 15.9 Å². The van der Waals surface area contributed by atoms with Gasteiger partial charge in [-0.3, -0.25) is 4.79 Å². The molecule has 1 amide bonds. The molecule has 0 aliphatic rings. The first-order valence-electron chi connectivity index (χ1n) is 11.2. The third-order valence-electron chi connectivity index (χ3n) is 5.56. The topological polar surface area (TPSA) is 57.7 Å². The molecule has 0 saturated carbocycles. The van der Waals surface area contributed by atoms with E-state index in [1.165, 1.54) is 15.3 Å². The van der Waals surface area contributed by atoms with E-state index in [1.807, 2.05) is 68.4 Å². The second-order valence-corrected chi connectivity index (χ2v) is 11.8. The Bertz CT molecular complexity index is 1240. The van der Waals surface area contributed by atoms with E-state index in [1.54, 1.807) is 30.1 Å². The molecule has 0 atom stereocenters. The number of aryl methyl sites for hydroxylation is 4. The van der Waals surface area contributed by atoms with Gasteiger partial charge in [-0.15, -0.1) is 17.9 Å². The minimum absolute atomic E-state index is 0.0537. The Morgan fingerprint density at radius 2 is 1.62 bits per heavy atom. The molecule has 7 heteroatoms. The molecule has 0 N–H and O–H groups in total.